The van der Waals surface area contributed by atoms with Gasteiger partial charge in [-0.05, 0) is 37.0 Å². The van der Waals surface area contributed by atoms with Gasteiger partial charge in [-0.3, -0.25) is 0 Å². The monoisotopic (exact) mass is 205 g/mol. The van der Waals surface area contributed by atoms with E-state index < -0.39 is 0 Å². The van der Waals surface area contributed by atoms with Gasteiger partial charge in [-0.25, -0.2) is 0 Å². The van der Waals surface area contributed by atoms with E-state index in [1.54, 1.807) is 0 Å². The molecule has 2 heteroatoms. The second-order valence-electron chi connectivity index (χ2n) is 4.28. The summed E-state index contributed by atoms with van der Waals surface area (Å²) in [6, 6.07) is 9.05. The summed E-state index contributed by atoms with van der Waals surface area (Å²) in [7, 11) is 0. The van der Waals surface area contributed by atoms with Crippen LogP contribution in [0.1, 0.15) is 25.8 Å². The molecule has 1 aromatic rings. The smallest absolute Gasteiger partial charge is 0.119 e. The lowest BCUT2D eigenvalue weighted by Crippen LogP contribution is -2.16. The van der Waals surface area contributed by atoms with Crippen molar-refractivity contribution in [2.24, 2.45) is 5.92 Å². The summed E-state index contributed by atoms with van der Waals surface area (Å²) in [5.74, 6) is 1.83. The lowest BCUT2D eigenvalue weighted by atomic mass is 10.2. The van der Waals surface area contributed by atoms with E-state index in [4.69, 9.17) is 4.74 Å². The van der Waals surface area contributed by atoms with E-state index >= 15 is 0 Å². The SMILES string of the molecule is CCOc1cccc(CNC2CC2C)c1. The molecule has 0 radical (unpaired) electrons. The van der Waals surface area contributed by atoms with Crippen molar-refractivity contribution in [2.45, 2.75) is 32.9 Å². The Morgan fingerprint density at radius 2 is 2.27 bits per heavy atom. The molecular formula is C13H19NO. The summed E-state index contributed by atoms with van der Waals surface area (Å²) in [5.41, 5.74) is 1.31. The zero-order valence-corrected chi connectivity index (χ0v) is 9.49. The molecule has 2 rings (SSSR count). The topological polar surface area (TPSA) is 21.3 Å². The van der Waals surface area contributed by atoms with Gasteiger partial charge in [0.15, 0.2) is 0 Å². The van der Waals surface area contributed by atoms with Crippen LogP contribution in [-0.4, -0.2) is 12.6 Å². The molecule has 0 heterocycles. The zero-order chi connectivity index (χ0) is 10.7. The van der Waals surface area contributed by atoms with E-state index in [0.717, 1.165) is 30.9 Å². The highest BCUT2D eigenvalue weighted by molar-refractivity contribution is 5.28. The van der Waals surface area contributed by atoms with E-state index in [0.29, 0.717) is 0 Å². The first kappa shape index (κ1) is 10.5. The highest BCUT2D eigenvalue weighted by Gasteiger charge is 2.31. The molecule has 1 aliphatic carbocycles. The number of nitrogens with one attached hydrogen (secondary N) is 1. The fourth-order valence-corrected chi connectivity index (χ4v) is 1.77. The second-order valence-corrected chi connectivity index (χ2v) is 4.28. The van der Waals surface area contributed by atoms with Gasteiger partial charge in [-0.1, -0.05) is 19.1 Å². The highest BCUT2D eigenvalue weighted by atomic mass is 16.5. The van der Waals surface area contributed by atoms with Crippen molar-refractivity contribution in [1.82, 2.24) is 5.32 Å². The molecule has 0 aliphatic heterocycles. The lowest BCUT2D eigenvalue weighted by Gasteiger charge is -2.07. The van der Waals surface area contributed by atoms with Gasteiger partial charge in [0, 0.05) is 12.6 Å². The molecule has 0 spiro atoms. The molecule has 2 nitrogen and oxygen atoms in total. The Labute approximate surface area is 91.6 Å². The van der Waals surface area contributed by atoms with E-state index in [1.165, 1.54) is 12.0 Å². The molecule has 0 bridgehead atoms. The first-order chi connectivity index (χ1) is 7.29. The van der Waals surface area contributed by atoms with Crippen molar-refractivity contribution in [1.29, 1.82) is 0 Å². The second kappa shape index (κ2) is 4.67. The van der Waals surface area contributed by atoms with Crippen LogP contribution in [0.2, 0.25) is 0 Å². The molecule has 82 valence electrons. The number of rotatable bonds is 5. The van der Waals surface area contributed by atoms with Gasteiger partial charge in [0.2, 0.25) is 0 Å². The molecule has 1 aliphatic rings. The number of hydrogen-bond donors (Lipinski definition) is 1. The third kappa shape index (κ3) is 2.96. The van der Waals surface area contributed by atoms with E-state index in [2.05, 4.69) is 30.4 Å². The van der Waals surface area contributed by atoms with E-state index in [9.17, 15) is 0 Å². The summed E-state index contributed by atoms with van der Waals surface area (Å²) in [6.07, 6.45) is 1.32. The minimum Gasteiger partial charge on any atom is -0.494 e. The van der Waals surface area contributed by atoms with Gasteiger partial charge in [-0.2, -0.15) is 0 Å². The molecule has 2 atom stereocenters. The maximum atomic E-state index is 5.46. The molecule has 15 heavy (non-hydrogen) atoms. The summed E-state index contributed by atoms with van der Waals surface area (Å²) in [4.78, 5) is 0. The fraction of sp³-hybridized carbons (Fsp3) is 0.538. The number of benzene rings is 1. The molecular weight excluding hydrogens is 186 g/mol. The van der Waals surface area contributed by atoms with Crippen molar-refractivity contribution >= 4 is 0 Å². The molecule has 0 aromatic heterocycles. The maximum absolute atomic E-state index is 5.46. The van der Waals surface area contributed by atoms with Crippen LogP contribution in [0, 0.1) is 5.92 Å². The quantitative estimate of drug-likeness (QED) is 0.797. The van der Waals surface area contributed by atoms with Crippen LogP contribution in [0.4, 0.5) is 0 Å². The van der Waals surface area contributed by atoms with Crippen molar-refractivity contribution in [3.05, 3.63) is 29.8 Å². The van der Waals surface area contributed by atoms with Crippen LogP contribution >= 0.6 is 0 Å². The van der Waals surface area contributed by atoms with Crippen molar-refractivity contribution in [3.63, 3.8) is 0 Å². The van der Waals surface area contributed by atoms with Crippen LogP contribution in [0.5, 0.6) is 5.75 Å². The van der Waals surface area contributed by atoms with Crippen LogP contribution in [0.3, 0.4) is 0 Å². The van der Waals surface area contributed by atoms with Crippen molar-refractivity contribution in [2.75, 3.05) is 6.61 Å². The predicted molar refractivity (Wildman–Crippen MR) is 62.0 cm³/mol. The highest BCUT2D eigenvalue weighted by Crippen LogP contribution is 2.29. The Morgan fingerprint density at radius 3 is 2.93 bits per heavy atom. The fourth-order valence-electron chi connectivity index (χ4n) is 1.77. The summed E-state index contributed by atoms with van der Waals surface area (Å²) in [6.45, 7) is 5.98. The Balaban J connectivity index is 1.87. The first-order valence-electron chi connectivity index (χ1n) is 5.74. The van der Waals surface area contributed by atoms with Crippen LogP contribution in [-0.2, 0) is 6.54 Å². The van der Waals surface area contributed by atoms with E-state index in [1.807, 2.05) is 13.0 Å². The molecule has 2 unspecified atom stereocenters. The molecule has 0 amide bonds. The zero-order valence-electron chi connectivity index (χ0n) is 9.49. The molecule has 1 fully saturated rings. The Hall–Kier alpha value is -1.02. The standard InChI is InChI=1S/C13H19NO/c1-3-15-12-6-4-5-11(8-12)9-14-13-7-10(13)2/h4-6,8,10,13-14H,3,7,9H2,1-2H3. The molecule has 1 aromatic carbocycles. The average molecular weight is 205 g/mol. The number of hydrogen-bond acceptors (Lipinski definition) is 2. The van der Waals surface area contributed by atoms with Crippen LogP contribution < -0.4 is 10.1 Å². The Kier molecular flexibility index (Phi) is 3.27. The first-order valence-corrected chi connectivity index (χ1v) is 5.74. The van der Waals surface area contributed by atoms with Gasteiger partial charge in [0.05, 0.1) is 6.61 Å². The minimum absolute atomic E-state index is 0.733. The Bertz CT molecular complexity index is 324. The summed E-state index contributed by atoms with van der Waals surface area (Å²) in [5, 5.41) is 3.54. The normalized spacial score (nSPS) is 23.9. The summed E-state index contributed by atoms with van der Waals surface area (Å²) >= 11 is 0. The molecule has 0 saturated heterocycles. The van der Waals surface area contributed by atoms with Gasteiger partial charge in [0.25, 0.3) is 0 Å². The largest absolute Gasteiger partial charge is 0.494 e. The average Bonchev–Trinajstić information content (AvgIpc) is 2.93. The third-order valence-electron chi connectivity index (χ3n) is 2.89. The number of ether oxygens (including phenoxy) is 1. The van der Waals surface area contributed by atoms with Gasteiger partial charge in [-0.15, -0.1) is 0 Å². The van der Waals surface area contributed by atoms with Crippen LogP contribution in [0.25, 0.3) is 0 Å². The van der Waals surface area contributed by atoms with Gasteiger partial charge in [0.1, 0.15) is 5.75 Å². The van der Waals surface area contributed by atoms with Gasteiger partial charge < -0.3 is 10.1 Å². The van der Waals surface area contributed by atoms with Crippen LogP contribution in [0.15, 0.2) is 24.3 Å². The Morgan fingerprint density at radius 1 is 1.47 bits per heavy atom. The lowest BCUT2D eigenvalue weighted by molar-refractivity contribution is 0.340. The van der Waals surface area contributed by atoms with Crippen molar-refractivity contribution < 1.29 is 4.74 Å². The predicted octanol–water partition coefficient (Wildman–Crippen LogP) is 2.58. The maximum Gasteiger partial charge on any atom is 0.119 e. The molecule has 1 saturated carbocycles. The van der Waals surface area contributed by atoms with E-state index in [-0.39, 0.29) is 0 Å². The molecule has 1 N–H and O–H groups in total. The third-order valence-corrected chi connectivity index (χ3v) is 2.89. The summed E-state index contributed by atoms with van der Waals surface area (Å²) < 4.78 is 5.46. The van der Waals surface area contributed by atoms with Crippen molar-refractivity contribution in [3.8, 4) is 5.75 Å². The minimum atomic E-state index is 0.733. The van der Waals surface area contributed by atoms with Gasteiger partial charge >= 0.3 is 0 Å².